The second-order valence-corrected chi connectivity index (χ2v) is 2.05. The van der Waals surface area contributed by atoms with Crippen molar-refractivity contribution in [3.05, 3.63) is 35.9 Å². The third-order valence-electron chi connectivity index (χ3n) is 1.06. The highest BCUT2D eigenvalue weighted by Gasteiger charge is 1.86. The van der Waals surface area contributed by atoms with Crippen LogP contribution in [-0.4, -0.2) is 6.47 Å². The summed E-state index contributed by atoms with van der Waals surface area (Å²) in [6, 6.07) is 9.78. The van der Waals surface area contributed by atoms with Gasteiger partial charge in [0.25, 0.3) is 0 Å². The Bertz CT molecular complexity index is 201. The summed E-state index contributed by atoms with van der Waals surface area (Å²) in [4.78, 5) is 8.25. The number of carbonyl (C=O) groups excluding carboxylic acids is 1. The number of halogens is 1. The van der Waals surface area contributed by atoms with Crippen molar-refractivity contribution in [1.82, 2.24) is 0 Å². The van der Waals surface area contributed by atoms with Crippen molar-refractivity contribution in [1.29, 1.82) is 0 Å². The molecule has 0 amide bonds. The fourth-order valence-electron chi connectivity index (χ4n) is 0.637. The molecule has 0 aromatic heterocycles. The van der Waals surface area contributed by atoms with Crippen LogP contribution in [0.1, 0.15) is 5.56 Å². The molecule has 3 nitrogen and oxygen atoms in total. The first kappa shape index (κ1) is 10.9. The summed E-state index contributed by atoms with van der Waals surface area (Å²) in [6.07, 6.45) is 0. The van der Waals surface area contributed by atoms with Crippen LogP contribution in [0.25, 0.3) is 0 Å². The number of carbonyl (C=O) groups is 1. The van der Waals surface area contributed by atoms with E-state index >= 15 is 0 Å². The maximum atomic E-state index is 8.25. The fourth-order valence-corrected chi connectivity index (χ4v) is 0.763. The first-order valence-electron chi connectivity index (χ1n) is 3.18. The van der Waals surface area contributed by atoms with Gasteiger partial charge in [-0.25, -0.2) is 0 Å². The zero-order valence-electron chi connectivity index (χ0n) is 6.27. The van der Waals surface area contributed by atoms with Crippen molar-refractivity contribution in [2.24, 2.45) is 0 Å². The van der Waals surface area contributed by atoms with E-state index in [1.165, 1.54) is 0 Å². The molecule has 0 radical (unpaired) electrons. The molecule has 0 aliphatic carbocycles. The SMILES string of the molecule is ClOCc1ccccc1.O=C[O-]. The molecule has 0 aliphatic rings. The van der Waals surface area contributed by atoms with Crippen molar-refractivity contribution in [2.75, 3.05) is 0 Å². The number of carboxylic acid groups (broad SMARTS) is 1. The normalized spacial score (nSPS) is 8.08. The Labute approximate surface area is 75.7 Å². The fraction of sp³-hybridized carbons (Fsp3) is 0.125. The summed E-state index contributed by atoms with van der Waals surface area (Å²) in [5, 5.41) is 8.25. The maximum absolute atomic E-state index is 8.25. The van der Waals surface area contributed by atoms with Crippen LogP contribution in [0.5, 0.6) is 0 Å². The predicted octanol–water partition coefficient (Wildman–Crippen LogP) is 0.723. The molecule has 0 saturated carbocycles. The second-order valence-electron chi connectivity index (χ2n) is 1.84. The minimum Gasteiger partial charge on any atom is -0.554 e. The van der Waals surface area contributed by atoms with Gasteiger partial charge in [-0.3, -0.25) is 4.29 Å². The highest BCUT2D eigenvalue weighted by molar-refractivity contribution is 6.07. The van der Waals surface area contributed by atoms with Gasteiger partial charge in [-0.15, -0.1) is 0 Å². The van der Waals surface area contributed by atoms with Crippen molar-refractivity contribution >= 4 is 18.3 Å². The van der Waals surface area contributed by atoms with Gasteiger partial charge < -0.3 is 9.90 Å². The Morgan fingerprint density at radius 1 is 1.42 bits per heavy atom. The Balaban J connectivity index is 0.000000354. The molecule has 0 fully saturated rings. The van der Waals surface area contributed by atoms with Crippen molar-refractivity contribution < 1.29 is 14.2 Å². The smallest absolute Gasteiger partial charge is 0.0933 e. The van der Waals surface area contributed by atoms with Crippen molar-refractivity contribution in [2.45, 2.75) is 6.61 Å². The van der Waals surface area contributed by atoms with Crippen LogP contribution in [0, 0.1) is 0 Å². The van der Waals surface area contributed by atoms with Crippen LogP contribution in [-0.2, 0) is 15.7 Å². The number of hydrogen-bond donors (Lipinski definition) is 0. The van der Waals surface area contributed by atoms with E-state index < -0.39 is 6.47 Å². The summed E-state index contributed by atoms with van der Waals surface area (Å²) >= 11 is 5.04. The molecule has 1 aromatic carbocycles. The van der Waals surface area contributed by atoms with E-state index in [9.17, 15) is 0 Å². The summed E-state index contributed by atoms with van der Waals surface area (Å²) in [5.74, 6) is 0. The first-order chi connectivity index (χ1) is 5.85. The summed E-state index contributed by atoms with van der Waals surface area (Å²) in [6.45, 7) is -0.0254. The molecule has 1 aromatic rings. The zero-order valence-corrected chi connectivity index (χ0v) is 7.03. The number of benzene rings is 1. The van der Waals surface area contributed by atoms with Crippen LogP contribution in [0.15, 0.2) is 30.3 Å². The van der Waals surface area contributed by atoms with E-state index in [2.05, 4.69) is 4.29 Å². The monoisotopic (exact) mass is 187 g/mol. The summed E-state index contributed by atoms with van der Waals surface area (Å²) in [7, 11) is 0. The zero-order chi connectivity index (χ0) is 9.23. The van der Waals surface area contributed by atoms with E-state index in [0.29, 0.717) is 6.61 Å². The lowest BCUT2D eigenvalue weighted by atomic mass is 10.2. The van der Waals surface area contributed by atoms with Crippen LogP contribution in [0.4, 0.5) is 0 Å². The van der Waals surface area contributed by atoms with Gasteiger partial charge in [-0.1, -0.05) is 30.3 Å². The molecule has 0 bridgehead atoms. The van der Waals surface area contributed by atoms with E-state index in [-0.39, 0.29) is 0 Å². The second kappa shape index (κ2) is 8.04. The van der Waals surface area contributed by atoms with Gasteiger partial charge >= 0.3 is 0 Å². The molecule has 0 spiro atoms. The first-order valence-corrected chi connectivity index (χ1v) is 3.49. The van der Waals surface area contributed by atoms with Crippen molar-refractivity contribution in [3.8, 4) is 0 Å². The Kier molecular flexibility index (Phi) is 7.33. The van der Waals surface area contributed by atoms with Crippen LogP contribution in [0.2, 0.25) is 0 Å². The average molecular weight is 188 g/mol. The Hall–Kier alpha value is -1.06. The van der Waals surface area contributed by atoms with E-state index in [1.54, 1.807) is 0 Å². The summed E-state index contributed by atoms with van der Waals surface area (Å²) < 4.78 is 4.40. The molecule has 0 heterocycles. The van der Waals surface area contributed by atoms with Gasteiger partial charge in [-0.2, -0.15) is 0 Å². The molecular weight excluding hydrogens is 180 g/mol. The van der Waals surface area contributed by atoms with Gasteiger partial charge in [0.1, 0.15) is 0 Å². The predicted molar refractivity (Wildman–Crippen MR) is 43.1 cm³/mol. The minimum atomic E-state index is -0.500. The molecular formula is C8H8ClO3-. The van der Waals surface area contributed by atoms with Crippen molar-refractivity contribution in [3.63, 3.8) is 0 Å². The number of rotatable bonds is 2. The molecule has 12 heavy (non-hydrogen) atoms. The van der Waals surface area contributed by atoms with E-state index in [0.717, 1.165) is 5.56 Å². The van der Waals surface area contributed by atoms with Gasteiger partial charge in [0.05, 0.1) is 18.5 Å². The number of hydrogen-bond acceptors (Lipinski definition) is 3. The average Bonchev–Trinajstić information content (AvgIpc) is 2.08. The van der Waals surface area contributed by atoms with Gasteiger partial charge in [0.15, 0.2) is 0 Å². The minimum absolute atomic E-state index is 0.475. The highest BCUT2D eigenvalue weighted by atomic mass is 35.5. The van der Waals surface area contributed by atoms with Gasteiger partial charge in [0, 0.05) is 6.47 Å². The lowest BCUT2D eigenvalue weighted by Gasteiger charge is -1.92. The maximum Gasteiger partial charge on any atom is 0.0933 e. The van der Waals surface area contributed by atoms with Crippen LogP contribution >= 0.6 is 11.9 Å². The topological polar surface area (TPSA) is 49.4 Å². The highest BCUT2D eigenvalue weighted by Crippen LogP contribution is 2.00. The van der Waals surface area contributed by atoms with Gasteiger partial charge in [0.2, 0.25) is 0 Å². The molecule has 0 unspecified atom stereocenters. The Morgan fingerprint density at radius 2 is 1.92 bits per heavy atom. The third kappa shape index (κ3) is 5.70. The Morgan fingerprint density at radius 3 is 2.33 bits per heavy atom. The lowest BCUT2D eigenvalue weighted by Crippen LogP contribution is -2.01. The molecule has 1 rings (SSSR count). The molecule has 0 atom stereocenters. The van der Waals surface area contributed by atoms with Crippen LogP contribution in [0.3, 0.4) is 0 Å². The van der Waals surface area contributed by atoms with Gasteiger partial charge in [-0.05, 0) is 5.56 Å². The summed E-state index contributed by atoms with van der Waals surface area (Å²) in [5.41, 5.74) is 1.09. The molecule has 0 saturated heterocycles. The lowest BCUT2D eigenvalue weighted by molar-refractivity contribution is -0.283. The molecule has 66 valence electrons. The van der Waals surface area contributed by atoms with Crippen LogP contribution < -0.4 is 5.11 Å². The molecule has 0 N–H and O–H groups in total. The standard InChI is InChI=1S/C7H7ClO.CH2O2/c8-9-6-7-4-2-1-3-5-7;2-1-3/h1-5H,6H2;1H,(H,2,3)/p-1. The largest absolute Gasteiger partial charge is 0.554 e. The van der Waals surface area contributed by atoms with E-state index in [1.807, 2.05) is 30.3 Å². The third-order valence-corrected chi connectivity index (χ3v) is 1.17. The van der Waals surface area contributed by atoms with E-state index in [4.69, 9.17) is 21.8 Å². The molecule has 0 aliphatic heterocycles. The quantitative estimate of drug-likeness (QED) is 0.642. The molecule has 4 heteroatoms.